The van der Waals surface area contributed by atoms with E-state index in [9.17, 15) is 0 Å². The van der Waals surface area contributed by atoms with Crippen molar-refractivity contribution in [3.05, 3.63) is 29.8 Å². The molecule has 0 bridgehead atoms. The summed E-state index contributed by atoms with van der Waals surface area (Å²) in [7, 11) is 0. The van der Waals surface area contributed by atoms with Crippen LogP contribution in [0.25, 0.3) is 0 Å². The van der Waals surface area contributed by atoms with Crippen molar-refractivity contribution < 1.29 is 10.2 Å². The quantitative estimate of drug-likeness (QED) is 0.737. The highest BCUT2D eigenvalue weighted by Gasteiger charge is 2.04. The third kappa shape index (κ3) is 4.21. The molecule has 0 atom stereocenters. The molecule has 0 radical (unpaired) electrons. The van der Waals surface area contributed by atoms with E-state index in [0.717, 1.165) is 31.6 Å². The summed E-state index contributed by atoms with van der Waals surface area (Å²) in [4.78, 5) is 2.20. The average Bonchev–Trinajstić information content (AvgIpc) is 2.31. The first kappa shape index (κ1) is 13.0. The normalized spacial score (nSPS) is 10.4. The van der Waals surface area contributed by atoms with Crippen LogP contribution in [0.15, 0.2) is 24.3 Å². The molecule has 0 fully saturated rings. The molecule has 0 saturated heterocycles. The van der Waals surface area contributed by atoms with Gasteiger partial charge in [-0.25, -0.2) is 0 Å². The van der Waals surface area contributed by atoms with E-state index in [1.54, 1.807) is 0 Å². The number of anilines is 1. The Morgan fingerprint density at radius 1 is 0.938 bits per heavy atom. The number of aryl methyl sites for hydroxylation is 1. The minimum Gasteiger partial charge on any atom is -0.396 e. The maximum atomic E-state index is 8.86. The van der Waals surface area contributed by atoms with Gasteiger partial charge in [-0.05, 0) is 31.9 Å². The summed E-state index contributed by atoms with van der Waals surface area (Å²) in [6.07, 6.45) is 1.53. The lowest BCUT2D eigenvalue weighted by atomic mass is 10.2. The molecule has 0 heterocycles. The maximum Gasteiger partial charge on any atom is 0.0447 e. The average molecular weight is 223 g/mol. The van der Waals surface area contributed by atoms with Gasteiger partial charge in [0.1, 0.15) is 0 Å². The number of hydrogen-bond donors (Lipinski definition) is 2. The predicted molar refractivity (Wildman–Crippen MR) is 66.8 cm³/mol. The van der Waals surface area contributed by atoms with Crippen LogP contribution in [0.2, 0.25) is 0 Å². The molecule has 16 heavy (non-hydrogen) atoms. The molecule has 0 aromatic heterocycles. The van der Waals surface area contributed by atoms with E-state index in [2.05, 4.69) is 36.1 Å². The van der Waals surface area contributed by atoms with Crippen LogP contribution < -0.4 is 4.90 Å². The summed E-state index contributed by atoms with van der Waals surface area (Å²) in [5.41, 5.74) is 2.40. The van der Waals surface area contributed by atoms with Gasteiger partial charge in [0.15, 0.2) is 0 Å². The van der Waals surface area contributed by atoms with Gasteiger partial charge in [-0.1, -0.05) is 17.7 Å². The van der Waals surface area contributed by atoms with Crippen molar-refractivity contribution in [1.82, 2.24) is 0 Å². The van der Waals surface area contributed by atoms with E-state index in [1.807, 2.05) is 0 Å². The van der Waals surface area contributed by atoms with Crippen LogP contribution in [0.5, 0.6) is 0 Å². The first-order chi connectivity index (χ1) is 7.77. The number of aliphatic hydroxyl groups is 2. The highest BCUT2D eigenvalue weighted by Crippen LogP contribution is 2.15. The second-order valence-corrected chi connectivity index (χ2v) is 3.98. The van der Waals surface area contributed by atoms with Gasteiger partial charge in [-0.3, -0.25) is 0 Å². The second-order valence-electron chi connectivity index (χ2n) is 3.98. The van der Waals surface area contributed by atoms with Crippen molar-refractivity contribution >= 4 is 5.69 Å². The fraction of sp³-hybridized carbons (Fsp3) is 0.538. The van der Waals surface area contributed by atoms with Crippen LogP contribution in [0.4, 0.5) is 5.69 Å². The van der Waals surface area contributed by atoms with Gasteiger partial charge in [0.2, 0.25) is 0 Å². The lowest BCUT2D eigenvalue weighted by Gasteiger charge is -2.24. The standard InChI is InChI=1S/C13H21NO2/c1-12-4-6-13(7-5-12)14(8-2-10-15)9-3-11-16/h4-7,15-16H,2-3,8-11H2,1H3. The molecule has 0 amide bonds. The molecule has 3 heteroatoms. The molecule has 1 aromatic carbocycles. The molecule has 0 aliphatic heterocycles. The highest BCUT2D eigenvalue weighted by atomic mass is 16.3. The van der Waals surface area contributed by atoms with Crippen LogP contribution in [0, 0.1) is 6.92 Å². The molecule has 3 nitrogen and oxygen atoms in total. The summed E-state index contributed by atoms with van der Waals surface area (Å²) >= 11 is 0. The van der Waals surface area contributed by atoms with Crippen molar-refractivity contribution in [2.24, 2.45) is 0 Å². The zero-order valence-electron chi connectivity index (χ0n) is 9.89. The van der Waals surface area contributed by atoms with Crippen molar-refractivity contribution in [3.63, 3.8) is 0 Å². The summed E-state index contributed by atoms with van der Waals surface area (Å²) in [5.74, 6) is 0. The molecule has 0 spiro atoms. The lowest BCUT2D eigenvalue weighted by Crippen LogP contribution is -2.26. The molecule has 1 rings (SSSR count). The lowest BCUT2D eigenvalue weighted by molar-refractivity contribution is 0.282. The van der Waals surface area contributed by atoms with E-state index in [-0.39, 0.29) is 13.2 Å². The van der Waals surface area contributed by atoms with Crippen molar-refractivity contribution in [1.29, 1.82) is 0 Å². The van der Waals surface area contributed by atoms with Gasteiger partial charge in [0.25, 0.3) is 0 Å². The largest absolute Gasteiger partial charge is 0.396 e. The first-order valence-corrected chi connectivity index (χ1v) is 5.81. The molecule has 2 N–H and O–H groups in total. The predicted octanol–water partition coefficient (Wildman–Crippen LogP) is 1.57. The van der Waals surface area contributed by atoms with Gasteiger partial charge in [0.05, 0.1) is 0 Å². The van der Waals surface area contributed by atoms with E-state index < -0.39 is 0 Å². The number of rotatable bonds is 7. The van der Waals surface area contributed by atoms with Crippen molar-refractivity contribution in [2.45, 2.75) is 19.8 Å². The van der Waals surface area contributed by atoms with Gasteiger partial charge in [0, 0.05) is 32.0 Å². The van der Waals surface area contributed by atoms with Gasteiger partial charge >= 0.3 is 0 Å². The van der Waals surface area contributed by atoms with E-state index in [1.165, 1.54) is 5.56 Å². The molecular formula is C13H21NO2. The van der Waals surface area contributed by atoms with Crippen LogP contribution >= 0.6 is 0 Å². The zero-order chi connectivity index (χ0) is 11.8. The Morgan fingerprint density at radius 2 is 1.44 bits per heavy atom. The first-order valence-electron chi connectivity index (χ1n) is 5.81. The summed E-state index contributed by atoms with van der Waals surface area (Å²) < 4.78 is 0. The van der Waals surface area contributed by atoms with Crippen molar-refractivity contribution in [2.75, 3.05) is 31.2 Å². The highest BCUT2D eigenvalue weighted by molar-refractivity contribution is 5.47. The maximum absolute atomic E-state index is 8.86. The Bertz CT molecular complexity index is 276. The second kappa shape index (κ2) is 7.25. The van der Waals surface area contributed by atoms with Crippen molar-refractivity contribution in [3.8, 4) is 0 Å². The molecule has 90 valence electrons. The summed E-state index contributed by atoms with van der Waals surface area (Å²) in [6.45, 7) is 4.15. The minimum absolute atomic E-state index is 0.210. The number of nitrogens with zero attached hydrogens (tertiary/aromatic N) is 1. The van der Waals surface area contributed by atoms with Crippen LogP contribution in [-0.4, -0.2) is 36.5 Å². The number of hydrogen-bond acceptors (Lipinski definition) is 3. The molecule has 0 unspecified atom stereocenters. The summed E-state index contributed by atoms with van der Waals surface area (Å²) in [5, 5.41) is 17.7. The van der Waals surface area contributed by atoms with E-state index in [0.29, 0.717) is 0 Å². The molecule has 0 aliphatic carbocycles. The fourth-order valence-corrected chi connectivity index (χ4v) is 1.65. The number of benzene rings is 1. The Kier molecular flexibility index (Phi) is 5.90. The monoisotopic (exact) mass is 223 g/mol. The summed E-state index contributed by atoms with van der Waals surface area (Å²) in [6, 6.07) is 8.34. The van der Waals surface area contributed by atoms with Crippen LogP contribution in [0.3, 0.4) is 0 Å². The van der Waals surface area contributed by atoms with Crippen LogP contribution in [0.1, 0.15) is 18.4 Å². The third-order valence-electron chi connectivity index (χ3n) is 2.57. The molecule has 0 aliphatic rings. The number of aliphatic hydroxyl groups excluding tert-OH is 2. The van der Waals surface area contributed by atoms with E-state index in [4.69, 9.17) is 10.2 Å². The Morgan fingerprint density at radius 3 is 1.88 bits per heavy atom. The van der Waals surface area contributed by atoms with Crippen LogP contribution in [-0.2, 0) is 0 Å². The zero-order valence-corrected chi connectivity index (χ0v) is 9.89. The SMILES string of the molecule is Cc1ccc(N(CCCO)CCCO)cc1. The molecule has 0 saturated carbocycles. The van der Waals surface area contributed by atoms with Gasteiger partial charge < -0.3 is 15.1 Å². The molecule has 1 aromatic rings. The Balaban J connectivity index is 2.62. The Labute approximate surface area is 97.3 Å². The Hall–Kier alpha value is -1.06. The minimum atomic E-state index is 0.210. The molecular weight excluding hydrogens is 202 g/mol. The van der Waals surface area contributed by atoms with Gasteiger partial charge in [-0.2, -0.15) is 0 Å². The van der Waals surface area contributed by atoms with Gasteiger partial charge in [-0.15, -0.1) is 0 Å². The fourth-order valence-electron chi connectivity index (χ4n) is 1.65. The third-order valence-corrected chi connectivity index (χ3v) is 2.57. The van der Waals surface area contributed by atoms with E-state index >= 15 is 0 Å². The smallest absolute Gasteiger partial charge is 0.0447 e. The topological polar surface area (TPSA) is 43.7 Å².